The predicted octanol–water partition coefficient (Wildman–Crippen LogP) is 3.51. The molecule has 0 N–H and O–H groups in total. The van der Waals surface area contributed by atoms with Crippen molar-refractivity contribution in [3.8, 4) is 11.4 Å². The minimum Gasteiger partial charge on any atom is -0.365 e. The molecule has 6 nitrogen and oxygen atoms in total. The van der Waals surface area contributed by atoms with E-state index in [9.17, 15) is 4.79 Å². The molecule has 134 valence electrons. The van der Waals surface area contributed by atoms with Crippen molar-refractivity contribution in [3.63, 3.8) is 0 Å². The van der Waals surface area contributed by atoms with Crippen LogP contribution in [-0.2, 0) is 4.79 Å². The third-order valence-corrected chi connectivity index (χ3v) is 5.29. The SMILES string of the molecule is Cc1nc(-c2ccc(N3C(=O)C=CC4C3c3ccccc3N4C)cc2)no1. The highest BCUT2D eigenvalue weighted by Crippen LogP contribution is 2.45. The Morgan fingerprint density at radius 2 is 1.85 bits per heavy atom. The van der Waals surface area contributed by atoms with Gasteiger partial charge in [0.05, 0.1) is 12.1 Å². The highest BCUT2D eigenvalue weighted by Gasteiger charge is 2.43. The van der Waals surface area contributed by atoms with Gasteiger partial charge in [0.25, 0.3) is 5.91 Å². The fourth-order valence-electron chi connectivity index (χ4n) is 4.02. The lowest BCUT2D eigenvalue weighted by Crippen LogP contribution is -2.44. The van der Waals surface area contributed by atoms with E-state index in [0.717, 1.165) is 16.9 Å². The quantitative estimate of drug-likeness (QED) is 0.701. The van der Waals surface area contributed by atoms with Gasteiger partial charge in [0.15, 0.2) is 0 Å². The molecule has 0 aliphatic carbocycles. The Morgan fingerprint density at radius 3 is 2.59 bits per heavy atom. The molecule has 0 fully saturated rings. The van der Waals surface area contributed by atoms with E-state index in [0.29, 0.717) is 11.7 Å². The minimum atomic E-state index is -0.0398. The second kappa shape index (κ2) is 5.81. The summed E-state index contributed by atoms with van der Waals surface area (Å²) in [4.78, 5) is 21.1. The van der Waals surface area contributed by atoms with Crippen molar-refractivity contribution >= 4 is 17.3 Å². The molecule has 5 rings (SSSR count). The van der Waals surface area contributed by atoms with Crippen LogP contribution in [0, 0.1) is 6.92 Å². The standard InChI is InChI=1S/C21H18N4O2/c1-13-22-21(23-27-13)14-7-9-15(10-8-14)25-19(26)12-11-18-20(25)16-5-3-4-6-17(16)24(18)2/h3-12,18,20H,1-2H3. The van der Waals surface area contributed by atoms with Gasteiger partial charge in [-0.1, -0.05) is 29.4 Å². The number of fused-ring (bicyclic) bond motifs is 3. The van der Waals surface area contributed by atoms with Gasteiger partial charge in [0, 0.05) is 42.5 Å². The number of nitrogens with zero attached hydrogens (tertiary/aromatic N) is 4. The van der Waals surface area contributed by atoms with Crippen molar-refractivity contribution in [1.29, 1.82) is 0 Å². The largest absolute Gasteiger partial charge is 0.365 e. The number of amides is 1. The van der Waals surface area contributed by atoms with Gasteiger partial charge in [-0.2, -0.15) is 4.98 Å². The molecule has 2 aliphatic rings. The Kier molecular flexibility index (Phi) is 3.40. The zero-order valence-corrected chi connectivity index (χ0v) is 15.0. The van der Waals surface area contributed by atoms with Crippen LogP contribution in [-0.4, -0.2) is 29.1 Å². The van der Waals surface area contributed by atoms with Crippen LogP contribution in [0.4, 0.5) is 11.4 Å². The van der Waals surface area contributed by atoms with Crippen LogP contribution >= 0.6 is 0 Å². The molecule has 3 heterocycles. The van der Waals surface area contributed by atoms with Gasteiger partial charge in [0.2, 0.25) is 11.7 Å². The third-order valence-electron chi connectivity index (χ3n) is 5.29. The molecule has 2 atom stereocenters. The number of hydrogen-bond acceptors (Lipinski definition) is 5. The Balaban J connectivity index is 1.56. The first-order chi connectivity index (χ1) is 13.1. The fraction of sp³-hybridized carbons (Fsp3) is 0.190. The van der Waals surface area contributed by atoms with Crippen molar-refractivity contribution in [3.05, 3.63) is 72.1 Å². The Morgan fingerprint density at radius 1 is 1.07 bits per heavy atom. The molecular formula is C21H18N4O2. The summed E-state index contributed by atoms with van der Waals surface area (Å²) >= 11 is 0. The highest BCUT2D eigenvalue weighted by atomic mass is 16.5. The van der Waals surface area contributed by atoms with Gasteiger partial charge in [-0.25, -0.2) is 0 Å². The molecule has 0 radical (unpaired) electrons. The predicted molar refractivity (Wildman–Crippen MR) is 102 cm³/mol. The number of aromatic nitrogens is 2. The number of likely N-dealkylation sites (N-methyl/N-ethyl adjacent to an activating group) is 1. The number of carbonyl (C=O) groups excluding carboxylic acids is 1. The molecule has 2 unspecified atom stereocenters. The lowest BCUT2D eigenvalue weighted by Gasteiger charge is -2.36. The molecule has 2 aliphatic heterocycles. The molecule has 0 bridgehead atoms. The summed E-state index contributed by atoms with van der Waals surface area (Å²) in [7, 11) is 2.07. The summed E-state index contributed by atoms with van der Waals surface area (Å²) < 4.78 is 5.05. The van der Waals surface area contributed by atoms with E-state index in [2.05, 4.69) is 34.2 Å². The summed E-state index contributed by atoms with van der Waals surface area (Å²) in [6.45, 7) is 1.76. The number of para-hydroxylation sites is 1. The van der Waals surface area contributed by atoms with E-state index in [-0.39, 0.29) is 18.0 Å². The van der Waals surface area contributed by atoms with E-state index in [1.807, 2.05) is 47.4 Å². The summed E-state index contributed by atoms with van der Waals surface area (Å²) in [6, 6.07) is 16.1. The van der Waals surface area contributed by atoms with Crippen molar-refractivity contribution in [2.24, 2.45) is 0 Å². The summed E-state index contributed by atoms with van der Waals surface area (Å²) in [5, 5.41) is 3.95. The van der Waals surface area contributed by atoms with E-state index in [4.69, 9.17) is 4.52 Å². The maximum atomic E-state index is 12.8. The van der Waals surface area contributed by atoms with Crippen LogP contribution in [0.2, 0.25) is 0 Å². The summed E-state index contributed by atoms with van der Waals surface area (Å²) in [6.07, 6.45) is 3.67. The molecule has 6 heteroatoms. The summed E-state index contributed by atoms with van der Waals surface area (Å²) in [5.74, 6) is 1.07. The summed E-state index contributed by atoms with van der Waals surface area (Å²) in [5.41, 5.74) is 4.04. The Labute approximate surface area is 156 Å². The van der Waals surface area contributed by atoms with E-state index in [1.165, 1.54) is 5.56 Å². The van der Waals surface area contributed by atoms with E-state index in [1.54, 1.807) is 13.0 Å². The number of benzene rings is 2. The van der Waals surface area contributed by atoms with Crippen LogP contribution in [0.1, 0.15) is 17.5 Å². The molecule has 2 aromatic carbocycles. The van der Waals surface area contributed by atoms with Crippen molar-refractivity contribution < 1.29 is 9.32 Å². The number of hydrogen-bond donors (Lipinski definition) is 0. The second-order valence-electron chi connectivity index (χ2n) is 6.86. The lowest BCUT2D eigenvalue weighted by molar-refractivity contribution is -0.115. The van der Waals surface area contributed by atoms with Crippen LogP contribution in [0.5, 0.6) is 0 Å². The lowest BCUT2D eigenvalue weighted by atomic mass is 9.97. The molecule has 0 saturated carbocycles. The number of rotatable bonds is 2. The molecule has 1 aromatic heterocycles. The van der Waals surface area contributed by atoms with Crippen LogP contribution in [0.25, 0.3) is 11.4 Å². The Bertz CT molecular complexity index is 1050. The fourth-order valence-corrected chi connectivity index (χ4v) is 4.02. The van der Waals surface area contributed by atoms with Crippen molar-refractivity contribution in [2.45, 2.75) is 19.0 Å². The molecule has 27 heavy (non-hydrogen) atoms. The topological polar surface area (TPSA) is 62.5 Å². The van der Waals surface area contributed by atoms with Gasteiger partial charge in [-0.05, 0) is 30.3 Å². The maximum Gasteiger partial charge on any atom is 0.251 e. The first kappa shape index (κ1) is 15.8. The molecule has 0 spiro atoms. The van der Waals surface area contributed by atoms with Gasteiger partial charge >= 0.3 is 0 Å². The number of anilines is 2. The third kappa shape index (κ3) is 2.37. The first-order valence-electron chi connectivity index (χ1n) is 8.87. The van der Waals surface area contributed by atoms with Crippen LogP contribution < -0.4 is 9.80 Å². The average Bonchev–Trinajstić information content (AvgIpc) is 3.25. The Hall–Kier alpha value is -3.41. The van der Waals surface area contributed by atoms with Gasteiger partial charge in [-0.3, -0.25) is 9.69 Å². The normalized spacial score (nSPS) is 20.7. The molecule has 1 amide bonds. The van der Waals surface area contributed by atoms with E-state index >= 15 is 0 Å². The molecule has 3 aromatic rings. The van der Waals surface area contributed by atoms with Gasteiger partial charge < -0.3 is 9.42 Å². The van der Waals surface area contributed by atoms with Crippen LogP contribution in [0.3, 0.4) is 0 Å². The number of carbonyl (C=O) groups is 1. The zero-order valence-electron chi connectivity index (χ0n) is 15.0. The van der Waals surface area contributed by atoms with Crippen molar-refractivity contribution in [2.75, 3.05) is 16.8 Å². The minimum absolute atomic E-state index is 0.00971. The molecule has 0 saturated heterocycles. The van der Waals surface area contributed by atoms with Gasteiger partial charge in [0.1, 0.15) is 0 Å². The first-order valence-corrected chi connectivity index (χ1v) is 8.87. The van der Waals surface area contributed by atoms with Gasteiger partial charge in [-0.15, -0.1) is 0 Å². The zero-order chi connectivity index (χ0) is 18.5. The highest BCUT2D eigenvalue weighted by molar-refractivity contribution is 6.04. The molecular weight excluding hydrogens is 340 g/mol. The second-order valence-corrected chi connectivity index (χ2v) is 6.86. The monoisotopic (exact) mass is 358 g/mol. The smallest absolute Gasteiger partial charge is 0.251 e. The average molecular weight is 358 g/mol. The maximum absolute atomic E-state index is 12.8. The number of aryl methyl sites for hydroxylation is 1. The van der Waals surface area contributed by atoms with Crippen LogP contribution in [0.15, 0.2) is 65.2 Å². The van der Waals surface area contributed by atoms with E-state index < -0.39 is 0 Å². The van der Waals surface area contributed by atoms with Crippen molar-refractivity contribution in [1.82, 2.24) is 10.1 Å².